The Morgan fingerprint density at radius 1 is 1.38 bits per heavy atom. The van der Waals surface area contributed by atoms with E-state index in [1.807, 2.05) is 0 Å². The Morgan fingerprint density at radius 3 is 2.12 bits per heavy atom. The summed E-state index contributed by atoms with van der Waals surface area (Å²) in [4.78, 5) is 0. The maximum absolute atomic E-state index is 8.74. The summed E-state index contributed by atoms with van der Waals surface area (Å²) in [5.74, 6) is 0. The zero-order chi connectivity index (χ0) is 6.15. The Morgan fingerprint density at radius 2 is 2.00 bits per heavy atom. The lowest BCUT2D eigenvalue weighted by Gasteiger charge is -2.07. The van der Waals surface area contributed by atoms with Gasteiger partial charge in [0.05, 0.1) is 6.10 Å². The molecule has 3 nitrogen and oxygen atoms in total. The maximum atomic E-state index is 8.74. The van der Waals surface area contributed by atoms with Gasteiger partial charge >= 0.3 is 0 Å². The molecule has 0 heterocycles. The predicted molar refractivity (Wildman–Crippen MR) is 26.4 cm³/mol. The van der Waals surface area contributed by atoms with E-state index in [-0.39, 0.29) is 6.10 Å². The van der Waals surface area contributed by atoms with Gasteiger partial charge in [0.25, 0.3) is 0 Å². The fourth-order valence-corrected chi connectivity index (χ4v) is 0.824. The second-order valence-corrected chi connectivity index (χ2v) is 2.04. The average Bonchev–Trinajstić information content (AvgIpc) is 1.98. The Bertz CT molecular complexity index is 73.7. The lowest BCUT2D eigenvalue weighted by molar-refractivity contribution is 0.0226. The predicted octanol–water partition coefficient (Wildman–Crippen LogP) is -0.594. The molecule has 1 saturated carbocycles. The molecule has 1 aliphatic rings. The molecule has 1 radical (unpaired) electrons. The third-order valence-corrected chi connectivity index (χ3v) is 1.40. The Labute approximate surface area is 47.6 Å². The van der Waals surface area contributed by atoms with Crippen molar-refractivity contribution in [2.45, 2.75) is 25.0 Å². The smallest absolute Gasteiger partial charge is 0.124 e. The molecule has 1 rings (SSSR count). The minimum absolute atomic E-state index is 0.0116. The van der Waals surface area contributed by atoms with Crippen molar-refractivity contribution in [3.63, 3.8) is 0 Å². The highest BCUT2D eigenvalue weighted by molar-refractivity contribution is 4.97. The highest BCUT2D eigenvalue weighted by Gasteiger charge is 2.32. The van der Waals surface area contributed by atoms with E-state index < -0.39 is 12.2 Å². The van der Waals surface area contributed by atoms with Crippen LogP contribution in [0.4, 0.5) is 0 Å². The van der Waals surface area contributed by atoms with Crippen molar-refractivity contribution in [2.75, 3.05) is 0 Å². The van der Waals surface area contributed by atoms with Crippen molar-refractivity contribution in [1.29, 1.82) is 0 Å². The molecule has 0 aromatic rings. The first-order chi connectivity index (χ1) is 3.72. The molecule has 0 aliphatic heterocycles. The Kier molecular flexibility index (Phi) is 1.51. The van der Waals surface area contributed by atoms with Gasteiger partial charge in [-0.15, -0.1) is 0 Å². The molecule has 0 amide bonds. The number of rotatable bonds is 0. The molecule has 3 heteroatoms. The van der Waals surface area contributed by atoms with Crippen LogP contribution in [0.25, 0.3) is 0 Å². The molecule has 8 heavy (non-hydrogen) atoms. The van der Waals surface area contributed by atoms with Crippen LogP contribution >= 0.6 is 0 Å². The third-order valence-electron chi connectivity index (χ3n) is 1.40. The first-order valence-electron chi connectivity index (χ1n) is 2.62. The van der Waals surface area contributed by atoms with Crippen molar-refractivity contribution in [3.8, 4) is 0 Å². The largest absolute Gasteiger partial charge is 0.390 e. The third kappa shape index (κ3) is 0.844. The molecule has 47 valence electrons. The van der Waals surface area contributed by atoms with Crippen LogP contribution < -0.4 is 0 Å². The van der Waals surface area contributed by atoms with Gasteiger partial charge in [-0.2, -0.15) is 0 Å². The molecule has 1 aliphatic carbocycles. The number of hydrogen-bond acceptors (Lipinski definition) is 3. The van der Waals surface area contributed by atoms with Gasteiger partial charge in [-0.1, -0.05) is 0 Å². The van der Waals surface area contributed by atoms with Crippen molar-refractivity contribution in [1.82, 2.24) is 0 Å². The molecule has 2 unspecified atom stereocenters. The molecule has 0 aromatic heterocycles. The van der Waals surface area contributed by atoms with E-state index in [1.54, 1.807) is 0 Å². The highest BCUT2D eigenvalue weighted by atomic mass is 16.4. The van der Waals surface area contributed by atoms with E-state index in [2.05, 4.69) is 0 Å². The van der Waals surface area contributed by atoms with Gasteiger partial charge in [0.1, 0.15) is 12.2 Å². The van der Waals surface area contributed by atoms with E-state index in [0.717, 1.165) is 0 Å². The van der Waals surface area contributed by atoms with Gasteiger partial charge in [-0.25, -0.2) is 0 Å². The van der Waals surface area contributed by atoms with E-state index in [1.165, 1.54) is 0 Å². The summed E-state index contributed by atoms with van der Waals surface area (Å²) in [6, 6.07) is 0. The summed E-state index contributed by atoms with van der Waals surface area (Å²) in [6.07, 6.45) is -0.808. The Balaban J connectivity index is 2.44. The van der Waals surface area contributed by atoms with Crippen LogP contribution in [0.15, 0.2) is 0 Å². The highest BCUT2D eigenvalue weighted by Crippen LogP contribution is 2.24. The van der Waals surface area contributed by atoms with Crippen molar-refractivity contribution >= 4 is 0 Å². The van der Waals surface area contributed by atoms with Gasteiger partial charge in [-0.3, -0.25) is 0 Å². The van der Waals surface area contributed by atoms with Gasteiger partial charge in [0.2, 0.25) is 0 Å². The van der Waals surface area contributed by atoms with Crippen LogP contribution in [0.3, 0.4) is 0 Å². The van der Waals surface area contributed by atoms with E-state index in [0.29, 0.717) is 12.8 Å². The second kappa shape index (κ2) is 2.01. The molecule has 0 bridgehead atoms. The summed E-state index contributed by atoms with van der Waals surface area (Å²) in [5.41, 5.74) is 0. The van der Waals surface area contributed by atoms with Crippen molar-refractivity contribution in [3.05, 3.63) is 6.10 Å². The number of hydrogen-bond donors (Lipinski definition) is 3. The van der Waals surface area contributed by atoms with E-state index in [9.17, 15) is 0 Å². The normalized spacial score (nSPS) is 40.9. The number of aliphatic hydroxyl groups is 3. The average molecular weight is 117 g/mol. The summed E-state index contributed by atoms with van der Waals surface area (Å²) >= 11 is 0. The van der Waals surface area contributed by atoms with Crippen molar-refractivity contribution < 1.29 is 15.3 Å². The monoisotopic (exact) mass is 117 g/mol. The Hall–Kier alpha value is -0.120. The van der Waals surface area contributed by atoms with Gasteiger partial charge in [0, 0.05) is 0 Å². The van der Waals surface area contributed by atoms with Crippen LogP contribution in [-0.2, 0) is 0 Å². The van der Waals surface area contributed by atoms with Gasteiger partial charge in [-0.05, 0) is 12.8 Å². The van der Waals surface area contributed by atoms with Crippen LogP contribution in [0, 0.1) is 6.10 Å². The lowest BCUT2D eigenvalue weighted by atomic mass is 10.2. The topological polar surface area (TPSA) is 60.7 Å². The summed E-state index contributed by atoms with van der Waals surface area (Å²) in [5, 5.41) is 26.1. The quantitative estimate of drug-likeness (QED) is 0.397. The molecule has 1 fully saturated rings. The molecular weight excluding hydrogens is 108 g/mol. The minimum Gasteiger partial charge on any atom is -0.390 e. The van der Waals surface area contributed by atoms with Crippen LogP contribution in [-0.4, -0.2) is 27.5 Å². The zero-order valence-corrected chi connectivity index (χ0v) is 4.41. The van der Waals surface area contributed by atoms with Gasteiger partial charge < -0.3 is 15.3 Å². The molecule has 0 saturated heterocycles. The molecule has 0 aromatic carbocycles. The number of aliphatic hydroxyl groups excluding tert-OH is 3. The van der Waals surface area contributed by atoms with Crippen LogP contribution in [0.1, 0.15) is 12.8 Å². The van der Waals surface area contributed by atoms with E-state index in [4.69, 9.17) is 15.3 Å². The molecule has 2 atom stereocenters. The van der Waals surface area contributed by atoms with Crippen LogP contribution in [0.2, 0.25) is 0 Å². The zero-order valence-electron chi connectivity index (χ0n) is 4.41. The standard InChI is InChI=1S/C5H9O3/c6-3-1-2-4(7)5(3)8/h3,5-8H,1-2H2. The van der Waals surface area contributed by atoms with Gasteiger partial charge in [0.15, 0.2) is 0 Å². The summed E-state index contributed by atoms with van der Waals surface area (Å²) in [7, 11) is 0. The maximum Gasteiger partial charge on any atom is 0.124 e. The minimum atomic E-state index is -0.991. The van der Waals surface area contributed by atoms with E-state index >= 15 is 0 Å². The SMILES string of the molecule is O[C]1CCC(O)C1O. The fourth-order valence-electron chi connectivity index (χ4n) is 0.824. The summed E-state index contributed by atoms with van der Waals surface area (Å²) < 4.78 is 0. The molecule has 3 N–H and O–H groups in total. The first kappa shape index (κ1) is 6.01. The van der Waals surface area contributed by atoms with Crippen molar-refractivity contribution in [2.24, 2.45) is 0 Å². The second-order valence-electron chi connectivity index (χ2n) is 2.04. The fraction of sp³-hybridized carbons (Fsp3) is 0.800. The molecule has 0 spiro atoms. The summed E-state index contributed by atoms with van der Waals surface area (Å²) in [6.45, 7) is 0. The first-order valence-corrected chi connectivity index (χ1v) is 2.62. The lowest BCUT2D eigenvalue weighted by Crippen LogP contribution is -2.23. The van der Waals surface area contributed by atoms with Crippen LogP contribution in [0.5, 0.6) is 0 Å². The molecular formula is C5H9O3.